The van der Waals surface area contributed by atoms with Gasteiger partial charge in [0, 0.05) is 67.1 Å². The Bertz CT molecular complexity index is 3610. The zero-order chi connectivity index (χ0) is 109. The molecule has 3 aliphatic heterocycles. The van der Waals surface area contributed by atoms with Crippen molar-refractivity contribution in [2.75, 3.05) is 87.0 Å². The molecule has 19 rings (SSSR count). The first-order chi connectivity index (χ1) is 68.5. The van der Waals surface area contributed by atoms with E-state index < -0.39 is 190 Å². The monoisotopic (exact) mass is 2180 g/mol. The number of terminal acetylenes is 1. The van der Waals surface area contributed by atoms with E-state index in [2.05, 4.69) is 108 Å². The Kier molecular flexibility index (Phi) is 63.5. The number of nitrogens with two attached hydrogens (primary N) is 3. The molecule has 16 saturated carbocycles. The number of carbonyl (C=O) groups is 8. The molecular weight excluding hydrogens is 2000 g/mol. The Morgan fingerprint density at radius 1 is 0.448 bits per heavy atom. The molecular formula is C97H180N12O29S3V2. The first-order valence-corrected chi connectivity index (χ1v) is 55.7. The predicted molar refractivity (Wildman–Crippen MR) is 536 cm³/mol. The van der Waals surface area contributed by atoms with Crippen molar-refractivity contribution in [3.05, 3.63) is 0 Å². The molecule has 19 aliphatic rings. The van der Waals surface area contributed by atoms with Gasteiger partial charge in [0.2, 0.25) is 23.6 Å². The summed E-state index contributed by atoms with van der Waals surface area (Å²) in [6.45, 7) is 11.5. The molecule has 0 aromatic carbocycles. The van der Waals surface area contributed by atoms with Crippen LogP contribution in [0, 0.1) is 105 Å². The SMILES string of the molecule is CCC.CCCNCC12CC3CC(CC(C3)C1)C2.CCCO.CNS.CN[C@H]1C(O)O[C@H](CO)[C@H](O)[C@@H]1O.CO.NCC12CC3CC(CC(C3)C1)C2.N[C@@H](CCC(=O)O)C(=O)N[C@@H](CCC(=O)O)C(=O)NCC12CC3CC(CC(C3)C1)C2.N[C@H]1C(O)O[C@H](CO)[C@H](O)[C@@H]1O.O=C(O)CC[C@H](NCN[C@H]1C(O)O[C@H](CO)[C@H](O)[C@@H]1O)C(=O)N[C@@H](CCC(=O)O)C(=O)NCC12CC3CC(CC(C3)C1)C2.[2H]C#C.[HH].[S]=[V].[S]=[V]. The van der Waals surface area contributed by atoms with Crippen molar-refractivity contribution in [3.63, 3.8) is 0 Å². The van der Waals surface area contributed by atoms with E-state index in [0.29, 0.717) is 42.9 Å². The number of aliphatic carboxylic acids is 4. The number of carboxylic acid groups (broad SMARTS) is 4. The number of carboxylic acids is 4. The molecule has 3 unspecified atom stereocenters. The fourth-order valence-electron chi connectivity index (χ4n) is 26.2. The van der Waals surface area contributed by atoms with Crippen molar-refractivity contribution in [1.82, 2.24) is 47.3 Å². The molecule has 0 spiro atoms. The second kappa shape index (κ2) is 69.0. The van der Waals surface area contributed by atoms with Gasteiger partial charge < -0.3 is 155 Å². The summed E-state index contributed by atoms with van der Waals surface area (Å²) in [5.74, 6) is 4.19. The van der Waals surface area contributed by atoms with Gasteiger partial charge in [-0.25, -0.2) is 0 Å². The molecule has 3 saturated heterocycles. The third-order valence-electron chi connectivity index (χ3n) is 30.8. The number of thiol groups is 1. The van der Waals surface area contributed by atoms with Gasteiger partial charge in [0.05, 0.1) is 50.0 Å². The van der Waals surface area contributed by atoms with Crippen LogP contribution in [0.5, 0.6) is 0 Å². The van der Waals surface area contributed by atoms with Crippen molar-refractivity contribution in [2.24, 2.45) is 110 Å². The van der Waals surface area contributed by atoms with Crippen molar-refractivity contribution in [3.8, 4) is 12.8 Å². The van der Waals surface area contributed by atoms with Crippen molar-refractivity contribution >= 4 is 80.9 Å². The Balaban J connectivity index is 0.000000603. The zero-order valence-electron chi connectivity index (χ0n) is 85.7. The minimum absolute atomic E-state index is 0. The third kappa shape index (κ3) is 43.0. The van der Waals surface area contributed by atoms with Gasteiger partial charge in [0.25, 0.3) is 0 Å². The normalized spacial score (nSPS) is 36.0. The van der Waals surface area contributed by atoms with E-state index in [9.17, 15) is 94.5 Å². The number of carbonyl (C=O) groups excluding carboxylic acids is 4. The number of rotatable bonds is 36. The number of hydrogen-bond donors (Lipinski definition) is 31. The molecule has 16 bridgehead atoms. The molecule has 16 aliphatic carbocycles. The van der Waals surface area contributed by atoms with Crippen LogP contribution in [0.15, 0.2) is 0 Å². The van der Waals surface area contributed by atoms with Gasteiger partial charge in [-0.05, 0) is 312 Å². The molecule has 4 amide bonds. The number of aliphatic hydroxyl groups is 14. The summed E-state index contributed by atoms with van der Waals surface area (Å²) in [5, 5.41) is 187. The number of nitrogens with one attached hydrogen (secondary N) is 9. The van der Waals surface area contributed by atoms with Crippen LogP contribution >= 0.6 is 33.4 Å². The molecule has 830 valence electrons. The summed E-state index contributed by atoms with van der Waals surface area (Å²) < 4.78 is 22.8. The molecule has 0 aromatic rings. The van der Waals surface area contributed by atoms with Crippen molar-refractivity contribution in [1.29, 1.82) is 0 Å². The first-order valence-electron chi connectivity index (χ1n) is 51.6. The van der Waals surface area contributed by atoms with Crippen LogP contribution in [0.2, 0.25) is 0 Å². The summed E-state index contributed by atoms with van der Waals surface area (Å²) in [6.07, 6.45) is 25.0. The quantitative estimate of drug-likeness (QED) is 0.0180. The predicted octanol–water partition coefficient (Wildman–Crippen LogP) is 1.06. The number of hydrogen-bond acceptors (Lipinski definition) is 36. The molecule has 0 aromatic heterocycles. The van der Waals surface area contributed by atoms with E-state index >= 15 is 0 Å². The molecule has 33 N–H and O–H groups in total. The van der Waals surface area contributed by atoms with Crippen LogP contribution in [-0.2, 0) is 84.0 Å². The first kappa shape index (κ1) is 132. The van der Waals surface area contributed by atoms with Gasteiger partial charge in [-0.2, -0.15) is 0 Å². The molecule has 19 fully saturated rings. The van der Waals surface area contributed by atoms with Gasteiger partial charge in [-0.3, -0.25) is 53.7 Å². The fourth-order valence-corrected chi connectivity index (χ4v) is 26.2. The van der Waals surface area contributed by atoms with Crippen LogP contribution < -0.4 is 64.5 Å². The maximum absolute atomic E-state index is 13.3. The Morgan fingerprint density at radius 3 is 1.01 bits per heavy atom. The molecule has 143 heavy (non-hydrogen) atoms. The summed E-state index contributed by atoms with van der Waals surface area (Å²) in [5.41, 5.74) is 18.4. The standard InChI is InChI=1S/C28H46N4O11.C21H33N3O6.C14H25N.C11H19N.C7H15NO5.C6H13NO5.C3H8O.C3H8.C2H2.CH5NS.CH4O.2S.2V.H2/c33-11-19-23(38)24(39)22(27(42)43-19)31-13-30-17(1-3-20(34)35)26(41)32-18(2-4-21(36)37)25(40)29-12-28-8-14-5-15(9-28)7-16(6-14)10-28;22-15(1-3-17(25)26)19(29)24-16(2-4-18(27)28)20(30)23-11-21-8-12-5-13(9-21)7-14(6-12)10-21;1-2-3-15-10-14-7-11-4-12(8-14)6-13(5-11)9-14;12-7-11-4-8-1-9(5-11)3-10(2-8)6-11;1-8-4-6(11)5(10)3(2-9)13-7(4)12;7-3-5(10)4(9)2(1-8)12-6(3)11;1-2-3-4;1-3-2;1-2;1-2-3;1-2;;;;;/h14-19,22-24,27,30-31,33,38-39,42H,1-13H2,(H,29,40)(H,32,41)(H,34,35)(H,36,37);12-16H,1-11,22H2,(H,23,30)(H,24,29)(H,25,26)(H,27,28);11-13,15H,2-10H2,1H3;8-10H,1-7,12H2;3-12H,2H2,1H3;2-6,8-11H,1,7H2;4H,2-3H2,1H3;3H2,1-2H3;1-2H;2-3H,1H3;2H,1H3;;;;;1H/t14?,15?,16?,17-,18-,19+,22+,23-,24+,27?,28?;12?,13?,14?,15-,16-,21?;;;3-,4-,5+,6-,7?;2-,3-,4+,5-,6?;;;;;;;;;;/m00..11........../s1/i;;;;;;;;1D;;;;;;;. The molecule has 19 atom stereocenters. The minimum atomic E-state index is -1.60. The zero-order valence-corrected chi connectivity index (χ0v) is 90.0. The van der Waals surface area contributed by atoms with E-state index in [1.165, 1.54) is 116 Å². The van der Waals surface area contributed by atoms with E-state index in [0.717, 1.165) is 117 Å². The van der Waals surface area contributed by atoms with Gasteiger partial charge in [-0.1, -0.05) is 46.9 Å². The van der Waals surface area contributed by atoms with Crippen molar-refractivity contribution < 1.29 is 179 Å². The maximum atomic E-state index is 13.3. The summed E-state index contributed by atoms with van der Waals surface area (Å²) in [7, 11) is 12.3. The van der Waals surface area contributed by atoms with Gasteiger partial charge in [-0.15, -0.1) is 12.8 Å². The van der Waals surface area contributed by atoms with Crippen LogP contribution in [0.4, 0.5) is 0 Å². The summed E-state index contributed by atoms with van der Waals surface area (Å²) in [6, 6.07) is -7.34. The number of ether oxygens (including phenoxy) is 3. The molecule has 41 nitrogen and oxygen atoms in total. The van der Waals surface area contributed by atoms with Gasteiger partial charge in [0.15, 0.2) is 18.9 Å². The average molecular weight is 2180 g/mol. The van der Waals surface area contributed by atoms with E-state index in [-0.39, 0.29) is 63.9 Å². The van der Waals surface area contributed by atoms with Crippen LogP contribution in [0.1, 0.15) is 255 Å². The van der Waals surface area contributed by atoms with E-state index in [1.54, 1.807) is 45.6 Å². The van der Waals surface area contributed by atoms with E-state index in [4.69, 9.17) is 68.5 Å². The summed E-state index contributed by atoms with van der Waals surface area (Å²) in [4.78, 5) is 95.9. The summed E-state index contributed by atoms with van der Waals surface area (Å²) >= 11 is 7.33. The molecule has 0 radical (unpaired) electrons. The number of aliphatic hydroxyl groups excluding tert-OH is 14. The van der Waals surface area contributed by atoms with Crippen LogP contribution in [-0.4, -0.2) is 343 Å². The number of likely N-dealkylation sites (N-methyl/N-ethyl adjacent to an activating group) is 1. The van der Waals surface area contributed by atoms with Crippen LogP contribution in [0.25, 0.3) is 0 Å². The third-order valence-corrected chi connectivity index (χ3v) is 30.8. The second-order valence-electron chi connectivity index (χ2n) is 42.3. The fraction of sp³-hybridized carbons (Fsp3) is 0.897. The topological polar surface area (TPSA) is 715 Å². The van der Waals surface area contributed by atoms with Gasteiger partial charge in [0.1, 0.15) is 68.4 Å². The number of amides is 4. The second-order valence-corrected chi connectivity index (χ2v) is 42.8. The molecule has 46 heteroatoms. The van der Waals surface area contributed by atoms with Crippen LogP contribution in [0.3, 0.4) is 0 Å². The molecule has 3 heterocycles. The average Bonchev–Trinajstić information content (AvgIpc) is 0.664. The van der Waals surface area contributed by atoms with E-state index in [1.807, 2.05) is 38.4 Å². The van der Waals surface area contributed by atoms with Crippen molar-refractivity contribution in [2.45, 2.75) is 369 Å². The Hall–Kier alpha value is -3.72. The Morgan fingerprint density at radius 2 is 0.720 bits per heavy atom. The van der Waals surface area contributed by atoms with Gasteiger partial charge >= 0.3 is 75.9 Å². The Labute approximate surface area is 879 Å².